The maximum Gasteiger partial charge on any atom is 0.309 e. The molecule has 1 fully saturated rings. The molecule has 1 heterocycles. The molecule has 7 heteroatoms. The van der Waals surface area contributed by atoms with Gasteiger partial charge in [0.2, 0.25) is 5.75 Å². The van der Waals surface area contributed by atoms with Crippen molar-refractivity contribution in [1.29, 1.82) is 0 Å². The first kappa shape index (κ1) is 21.6. The van der Waals surface area contributed by atoms with Crippen LogP contribution in [0.3, 0.4) is 0 Å². The summed E-state index contributed by atoms with van der Waals surface area (Å²) in [6.45, 7) is 0.382. The molecule has 1 saturated heterocycles. The molecule has 30 heavy (non-hydrogen) atoms. The molecular formula is C23H28O7. The lowest BCUT2D eigenvalue weighted by molar-refractivity contribution is -0.141. The molecule has 0 unspecified atom stereocenters. The summed E-state index contributed by atoms with van der Waals surface area (Å²) in [5.41, 5.74) is 1.98. The van der Waals surface area contributed by atoms with Crippen molar-refractivity contribution < 1.29 is 33.2 Å². The molecule has 2 aromatic rings. The molecule has 0 saturated carbocycles. The highest BCUT2D eigenvalue weighted by molar-refractivity contribution is 5.75. The molecule has 0 radical (unpaired) electrons. The molecule has 2 aromatic carbocycles. The molecule has 162 valence electrons. The van der Waals surface area contributed by atoms with Crippen molar-refractivity contribution in [2.75, 3.05) is 42.2 Å². The van der Waals surface area contributed by atoms with Gasteiger partial charge in [0.05, 0.1) is 48.1 Å². The van der Waals surface area contributed by atoms with Gasteiger partial charge in [-0.2, -0.15) is 0 Å². The van der Waals surface area contributed by atoms with E-state index in [-0.39, 0.29) is 17.8 Å². The van der Waals surface area contributed by atoms with E-state index < -0.39 is 0 Å². The number of benzene rings is 2. The lowest BCUT2D eigenvalue weighted by atomic mass is 9.85. The summed E-state index contributed by atoms with van der Waals surface area (Å²) < 4.78 is 32.4. The quantitative estimate of drug-likeness (QED) is 0.581. The first-order chi connectivity index (χ1) is 14.5. The highest BCUT2D eigenvalue weighted by atomic mass is 16.5. The van der Waals surface area contributed by atoms with Crippen LogP contribution in [0.15, 0.2) is 30.3 Å². The topological polar surface area (TPSA) is 72.5 Å². The molecule has 0 spiro atoms. The van der Waals surface area contributed by atoms with Gasteiger partial charge in [0.1, 0.15) is 0 Å². The van der Waals surface area contributed by atoms with E-state index >= 15 is 0 Å². The molecular weight excluding hydrogens is 388 g/mol. The molecule has 3 rings (SSSR count). The average Bonchev–Trinajstić information content (AvgIpc) is 3.11. The Morgan fingerprint density at radius 3 is 1.93 bits per heavy atom. The number of hydrogen-bond acceptors (Lipinski definition) is 7. The fourth-order valence-electron chi connectivity index (χ4n) is 3.87. The number of carbonyl (C=O) groups excluding carboxylic acids is 1. The summed E-state index contributed by atoms with van der Waals surface area (Å²) >= 11 is 0. The van der Waals surface area contributed by atoms with E-state index in [9.17, 15) is 4.79 Å². The number of carbonyl (C=O) groups is 1. The minimum atomic E-state index is -0.248. The molecule has 0 amide bonds. The van der Waals surface area contributed by atoms with Gasteiger partial charge in [0.15, 0.2) is 23.0 Å². The third-order valence-electron chi connectivity index (χ3n) is 5.44. The second kappa shape index (κ2) is 9.61. The van der Waals surface area contributed by atoms with Crippen LogP contribution >= 0.6 is 0 Å². The van der Waals surface area contributed by atoms with Crippen molar-refractivity contribution in [2.24, 2.45) is 11.8 Å². The molecule has 1 aliphatic rings. The highest BCUT2D eigenvalue weighted by Crippen LogP contribution is 2.40. The minimum Gasteiger partial charge on any atom is -0.493 e. The van der Waals surface area contributed by atoms with E-state index in [2.05, 4.69) is 0 Å². The van der Waals surface area contributed by atoms with Crippen LogP contribution in [-0.4, -0.2) is 48.1 Å². The van der Waals surface area contributed by atoms with E-state index in [1.165, 1.54) is 0 Å². The van der Waals surface area contributed by atoms with Gasteiger partial charge >= 0.3 is 5.97 Å². The van der Waals surface area contributed by atoms with Gasteiger partial charge in [-0.1, -0.05) is 6.07 Å². The maximum atomic E-state index is 12.5. The molecule has 0 aromatic heterocycles. The molecule has 1 aliphatic heterocycles. The zero-order valence-electron chi connectivity index (χ0n) is 18.0. The SMILES string of the molecule is COc1ccc(C[C@H]2C(=O)OC[C@@H]2Cc2cc(OC)c(OC)c(OC)c2)cc1OC. The van der Waals surface area contributed by atoms with Crippen LogP contribution in [0.1, 0.15) is 11.1 Å². The average molecular weight is 416 g/mol. The number of rotatable bonds is 9. The summed E-state index contributed by atoms with van der Waals surface area (Å²) in [6.07, 6.45) is 1.22. The Bertz CT molecular complexity index is 868. The summed E-state index contributed by atoms with van der Waals surface area (Å²) in [5, 5.41) is 0. The zero-order valence-corrected chi connectivity index (χ0v) is 18.0. The minimum absolute atomic E-state index is 0.0356. The van der Waals surface area contributed by atoms with Crippen LogP contribution in [0.4, 0.5) is 0 Å². The Kier molecular flexibility index (Phi) is 6.92. The monoisotopic (exact) mass is 416 g/mol. The molecule has 7 nitrogen and oxygen atoms in total. The van der Waals surface area contributed by atoms with Gasteiger partial charge in [-0.15, -0.1) is 0 Å². The Hall–Kier alpha value is -3.09. The van der Waals surface area contributed by atoms with E-state index in [0.29, 0.717) is 48.2 Å². The Morgan fingerprint density at radius 2 is 1.37 bits per heavy atom. The van der Waals surface area contributed by atoms with E-state index in [4.69, 9.17) is 28.4 Å². The first-order valence-corrected chi connectivity index (χ1v) is 9.71. The van der Waals surface area contributed by atoms with E-state index in [0.717, 1.165) is 11.1 Å². The number of esters is 1. The fraction of sp³-hybridized carbons (Fsp3) is 0.435. The van der Waals surface area contributed by atoms with Crippen LogP contribution < -0.4 is 23.7 Å². The normalized spacial score (nSPS) is 18.0. The van der Waals surface area contributed by atoms with Gasteiger partial charge in [-0.05, 0) is 48.2 Å². The number of methoxy groups -OCH3 is 5. The molecule has 0 N–H and O–H groups in total. The Morgan fingerprint density at radius 1 is 0.767 bits per heavy atom. The third kappa shape index (κ3) is 4.40. The second-order valence-corrected chi connectivity index (χ2v) is 7.13. The van der Waals surface area contributed by atoms with Gasteiger partial charge in [-0.25, -0.2) is 0 Å². The van der Waals surface area contributed by atoms with Crippen LogP contribution in [0, 0.1) is 11.8 Å². The van der Waals surface area contributed by atoms with Crippen molar-refractivity contribution in [3.63, 3.8) is 0 Å². The van der Waals surface area contributed by atoms with Crippen molar-refractivity contribution in [3.8, 4) is 28.7 Å². The van der Waals surface area contributed by atoms with Crippen LogP contribution in [0.2, 0.25) is 0 Å². The van der Waals surface area contributed by atoms with Crippen LogP contribution in [-0.2, 0) is 22.4 Å². The molecule has 2 atom stereocenters. The van der Waals surface area contributed by atoms with Gasteiger partial charge in [-0.3, -0.25) is 4.79 Å². The van der Waals surface area contributed by atoms with E-state index in [1.54, 1.807) is 35.5 Å². The lowest BCUT2D eigenvalue weighted by Crippen LogP contribution is -2.20. The number of hydrogen-bond donors (Lipinski definition) is 0. The number of cyclic esters (lactones) is 1. The van der Waals surface area contributed by atoms with Crippen molar-refractivity contribution >= 4 is 5.97 Å². The summed E-state index contributed by atoms with van der Waals surface area (Å²) in [4.78, 5) is 12.5. The van der Waals surface area contributed by atoms with Gasteiger partial charge in [0, 0.05) is 5.92 Å². The predicted molar refractivity (Wildman–Crippen MR) is 111 cm³/mol. The second-order valence-electron chi connectivity index (χ2n) is 7.13. The first-order valence-electron chi connectivity index (χ1n) is 9.71. The van der Waals surface area contributed by atoms with Gasteiger partial charge in [0.25, 0.3) is 0 Å². The van der Waals surface area contributed by atoms with Crippen LogP contribution in [0.5, 0.6) is 28.7 Å². The van der Waals surface area contributed by atoms with Gasteiger partial charge < -0.3 is 28.4 Å². The Labute approximate surface area is 176 Å². The van der Waals surface area contributed by atoms with Crippen LogP contribution in [0.25, 0.3) is 0 Å². The molecule has 0 aliphatic carbocycles. The zero-order chi connectivity index (χ0) is 21.7. The fourth-order valence-corrected chi connectivity index (χ4v) is 3.87. The smallest absolute Gasteiger partial charge is 0.309 e. The van der Waals surface area contributed by atoms with Crippen molar-refractivity contribution in [3.05, 3.63) is 41.5 Å². The standard InChI is InChI=1S/C23H28O7/c1-25-18-7-6-14(10-19(18)26-2)9-17-16(13-30-23(17)24)8-15-11-20(27-3)22(29-5)21(12-15)28-4/h6-7,10-12,16-17H,8-9,13H2,1-5H3/t16-,17+/m0/s1. The molecule has 0 bridgehead atoms. The highest BCUT2D eigenvalue weighted by Gasteiger charge is 2.37. The predicted octanol–water partition coefficient (Wildman–Crippen LogP) is 3.30. The summed E-state index contributed by atoms with van der Waals surface area (Å²) in [5.74, 6) is 2.64. The lowest BCUT2D eigenvalue weighted by Gasteiger charge is -2.18. The largest absolute Gasteiger partial charge is 0.493 e. The number of ether oxygens (including phenoxy) is 6. The maximum absolute atomic E-state index is 12.5. The third-order valence-corrected chi connectivity index (χ3v) is 5.44. The van der Waals surface area contributed by atoms with Crippen molar-refractivity contribution in [1.82, 2.24) is 0 Å². The summed E-state index contributed by atoms with van der Waals surface area (Å²) in [6, 6.07) is 9.53. The van der Waals surface area contributed by atoms with Crippen molar-refractivity contribution in [2.45, 2.75) is 12.8 Å². The Balaban J connectivity index is 1.82. The van der Waals surface area contributed by atoms with E-state index in [1.807, 2.05) is 30.3 Å². The summed E-state index contributed by atoms with van der Waals surface area (Å²) in [7, 11) is 7.94.